The third kappa shape index (κ3) is 7.89. The summed E-state index contributed by atoms with van der Waals surface area (Å²) in [5.74, 6) is -2.74. The van der Waals surface area contributed by atoms with Gasteiger partial charge in [-0.2, -0.15) is 15.0 Å². The van der Waals surface area contributed by atoms with E-state index < -0.39 is 39.8 Å². The number of nitrogens with zero attached hydrogens (tertiary/aromatic N) is 5. The molecule has 0 aliphatic rings. The Labute approximate surface area is 286 Å². The lowest BCUT2D eigenvalue weighted by atomic mass is 10.00. The first-order valence-electron chi connectivity index (χ1n) is 16.1. The van der Waals surface area contributed by atoms with Crippen LogP contribution in [0.2, 0.25) is 0 Å². The van der Waals surface area contributed by atoms with Crippen molar-refractivity contribution in [3.63, 3.8) is 0 Å². The number of hydrogen-bond acceptors (Lipinski definition) is 7. The topological polar surface area (TPSA) is 164 Å². The molecule has 0 aliphatic carbocycles. The number of amides is 3. The van der Waals surface area contributed by atoms with Crippen molar-refractivity contribution in [3.8, 4) is 5.69 Å². The third-order valence-corrected chi connectivity index (χ3v) is 10.4. The number of nitrogens with one attached hydrogen (secondary N) is 1. The van der Waals surface area contributed by atoms with Crippen LogP contribution in [0.1, 0.15) is 52.4 Å². The van der Waals surface area contributed by atoms with Crippen molar-refractivity contribution in [1.29, 1.82) is 0 Å². The van der Waals surface area contributed by atoms with Gasteiger partial charge in [0, 0.05) is 42.6 Å². The number of aromatic amines is 1. The van der Waals surface area contributed by atoms with E-state index in [1.54, 1.807) is 55.0 Å². The standard InChI is InChI=1S/C36H41N7O5S/c1-5-6-17-49(47,48)42(32(34(37)44)22-28-23-38-31-10-8-7-9-30(28)31)36(46)33(41(4)35(45)27-19-24(2)18-25(3)20-27)21-26-11-13-29(14-12-26)43-39-15-16-40-43/h7-16,18-20,23,32-33,38H,5-6,17,21-22H2,1-4H3,(H2,37,44)/t32-,33-/m0/s1. The monoisotopic (exact) mass is 683 g/mol. The van der Waals surface area contributed by atoms with E-state index in [1.165, 1.54) is 16.7 Å². The number of unbranched alkanes of at least 4 members (excludes halogenated alkanes) is 1. The van der Waals surface area contributed by atoms with Gasteiger partial charge in [0.1, 0.15) is 12.1 Å². The average molecular weight is 684 g/mol. The molecule has 0 bridgehead atoms. The number of aryl methyl sites for hydroxylation is 2. The smallest absolute Gasteiger partial charge is 0.259 e. The van der Waals surface area contributed by atoms with Crippen LogP contribution in [0.3, 0.4) is 0 Å². The number of aromatic nitrogens is 4. The Hall–Kier alpha value is -5.30. The van der Waals surface area contributed by atoms with Gasteiger partial charge in [-0.15, -0.1) is 0 Å². The predicted molar refractivity (Wildman–Crippen MR) is 187 cm³/mol. The molecule has 3 N–H and O–H groups in total. The molecule has 0 spiro atoms. The summed E-state index contributed by atoms with van der Waals surface area (Å²) in [6.45, 7) is 5.57. The average Bonchev–Trinajstić information content (AvgIpc) is 3.76. The molecular weight excluding hydrogens is 643 g/mol. The van der Waals surface area contributed by atoms with Gasteiger partial charge in [0.2, 0.25) is 15.9 Å². The molecule has 3 amide bonds. The fourth-order valence-corrected chi connectivity index (χ4v) is 7.85. The molecule has 0 saturated heterocycles. The van der Waals surface area contributed by atoms with Crippen molar-refractivity contribution in [1.82, 2.24) is 29.2 Å². The molecule has 2 aromatic heterocycles. The lowest BCUT2D eigenvalue weighted by Gasteiger charge is -2.35. The zero-order valence-electron chi connectivity index (χ0n) is 28.0. The highest BCUT2D eigenvalue weighted by Gasteiger charge is 2.43. The number of hydrogen-bond donors (Lipinski definition) is 2. The summed E-state index contributed by atoms with van der Waals surface area (Å²) in [6.07, 6.45) is 5.39. The quantitative estimate of drug-likeness (QED) is 0.178. The maximum atomic E-state index is 14.9. The summed E-state index contributed by atoms with van der Waals surface area (Å²) >= 11 is 0. The van der Waals surface area contributed by atoms with Gasteiger partial charge in [-0.25, -0.2) is 12.7 Å². The molecule has 5 rings (SSSR count). The fourth-order valence-electron chi connectivity index (χ4n) is 6.04. The van der Waals surface area contributed by atoms with Crippen LogP contribution in [0.4, 0.5) is 0 Å². The Morgan fingerprint density at radius 3 is 2.20 bits per heavy atom. The number of H-pyrrole nitrogens is 1. The van der Waals surface area contributed by atoms with Gasteiger partial charge in [0.15, 0.2) is 0 Å². The number of carbonyl (C=O) groups is 3. The van der Waals surface area contributed by atoms with Gasteiger partial charge < -0.3 is 15.6 Å². The number of sulfonamides is 1. The Morgan fingerprint density at radius 1 is 0.918 bits per heavy atom. The molecule has 0 radical (unpaired) electrons. The number of nitrogens with two attached hydrogens (primary N) is 1. The number of fused-ring (bicyclic) bond motifs is 1. The molecule has 2 heterocycles. The molecule has 12 nitrogen and oxygen atoms in total. The molecular formula is C36H41N7O5S. The lowest BCUT2D eigenvalue weighted by molar-refractivity contribution is -0.137. The maximum absolute atomic E-state index is 14.9. The summed E-state index contributed by atoms with van der Waals surface area (Å²) in [6, 6.07) is 17.0. The summed E-state index contributed by atoms with van der Waals surface area (Å²) in [7, 11) is -2.91. The molecule has 0 aliphatic heterocycles. The van der Waals surface area contributed by atoms with E-state index in [2.05, 4.69) is 15.2 Å². The van der Waals surface area contributed by atoms with Gasteiger partial charge in [-0.3, -0.25) is 14.4 Å². The molecule has 0 fully saturated rings. The van der Waals surface area contributed by atoms with Crippen molar-refractivity contribution in [2.75, 3.05) is 12.8 Å². The molecule has 0 saturated carbocycles. The Morgan fingerprint density at radius 2 is 1.57 bits per heavy atom. The van der Waals surface area contributed by atoms with Crippen LogP contribution in [-0.2, 0) is 32.5 Å². The zero-order chi connectivity index (χ0) is 35.3. The van der Waals surface area contributed by atoms with E-state index in [0.29, 0.717) is 33.1 Å². The van der Waals surface area contributed by atoms with Crippen LogP contribution < -0.4 is 5.73 Å². The van der Waals surface area contributed by atoms with E-state index in [4.69, 9.17) is 5.73 Å². The highest BCUT2D eigenvalue weighted by atomic mass is 32.2. The first kappa shape index (κ1) is 35.0. The number of carbonyl (C=O) groups excluding carboxylic acids is 3. The number of primary amides is 1. The zero-order valence-corrected chi connectivity index (χ0v) is 28.9. The molecule has 13 heteroatoms. The van der Waals surface area contributed by atoms with Crippen molar-refractivity contribution in [2.24, 2.45) is 5.73 Å². The summed E-state index contributed by atoms with van der Waals surface area (Å²) in [5.41, 5.74) is 10.7. The van der Waals surface area contributed by atoms with Gasteiger partial charge in [0.05, 0.1) is 23.8 Å². The largest absolute Gasteiger partial charge is 0.368 e. The maximum Gasteiger partial charge on any atom is 0.259 e. The van der Waals surface area contributed by atoms with E-state index in [1.807, 2.05) is 51.1 Å². The Balaban J connectivity index is 1.59. The lowest BCUT2D eigenvalue weighted by Crippen LogP contribution is -2.59. The van der Waals surface area contributed by atoms with E-state index in [9.17, 15) is 22.8 Å². The molecule has 0 unspecified atom stereocenters. The minimum Gasteiger partial charge on any atom is -0.368 e. The second kappa shape index (κ2) is 14.9. The van der Waals surface area contributed by atoms with Gasteiger partial charge >= 0.3 is 0 Å². The minimum atomic E-state index is -4.38. The SMILES string of the molecule is CCCCS(=O)(=O)N(C(=O)[C@H](Cc1ccc(-n2nccn2)cc1)N(C)C(=O)c1cc(C)cc(C)c1)[C@@H](Cc1c[nH]c2ccccc12)C(N)=O. The Bertz CT molecular complexity index is 2040. The van der Waals surface area contributed by atoms with Gasteiger partial charge in [-0.05, 0) is 61.7 Å². The Kier molecular flexibility index (Phi) is 10.6. The van der Waals surface area contributed by atoms with E-state index >= 15 is 0 Å². The highest BCUT2D eigenvalue weighted by molar-refractivity contribution is 7.89. The first-order chi connectivity index (χ1) is 23.4. The van der Waals surface area contributed by atoms with Gasteiger partial charge in [-0.1, -0.05) is 60.9 Å². The highest BCUT2D eigenvalue weighted by Crippen LogP contribution is 2.25. The van der Waals surface area contributed by atoms with Crippen LogP contribution in [0.15, 0.2) is 85.3 Å². The normalized spacial score (nSPS) is 12.8. The second-order valence-corrected chi connectivity index (χ2v) is 14.2. The molecule has 5 aromatic rings. The number of rotatable bonds is 14. The second-order valence-electron chi connectivity index (χ2n) is 12.3. The molecule has 2 atom stereocenters. The molecule has 3 aromatic carbocycles. The summed E-state index contributed by atoms with van der Waals surface area (Å²) in [5, 5.41) is 9.06. The predicted octanol–water partition coefficient (Wildman–Crippen LogP) is 4.10. The van der Waals surface area contributed by atoms with Crippen LogP contribution in [-0.4, -0.2) is 80.2 Å². The third-order valence-electron chi connectivity index (χ3n) is 8.53. The summed E-state index contributed by atoms with van der Waals surface area (Å²) < 4.78 is 28.9. The van der Waals surface area contributed by atoms with Crippen LogP contribution in [0.25, 0.3) is 16.6 Å². The summed E-state index contributed by atoms with van der Waals surface area (Å²) in [4.78, 5) is 48.0. The van der Waals surface area contributed by atoms with Crippen LogP contribution in [0, 0.1) is 13.8 Å². The van der Waals surface area contributed by atoms with Crippen molar-refractivity contribution in [3.05, 3.63) is 113 Å². The number of para-hydroxylation sites is 1. The van der Waals surface area contributed by atoms with Gasteiger partial charge in [0.25, 0.3) is 11.8 Å². The number of likely N-dealkylation sites (N-methyl/N-ethyl adjacent to an activating group) is 1. The number of benzene rings is 3. The molecule has 49 heavy (non-hydrogen) atoms. The van der Waals surface area contributed by atoms with Crippen molar-refractivity contribution in [2.45, 2.75) is 58.5 Å². The van der Waals surface area contributed by atoms with Crippen LogP contribution in [0.5, 0.6) is 0 Å². The first-order valence-corrected chi connectivity index (χ1v) is 17.7. The van der Waals surface area contributed by atoms with Crippen molar-refractivity contribution < 1.29 is 22.8 Å². The van der Waals surface area contributed by atoms with E-state index in [-0.39, 0.29) is 25.0 Å². The van der Waals surface area contributed by atoms with Crippen LogP contribution >= 0.6 is 0 Å². The minimum absolute atomic E-state index is 0.0446. The van der Waals surface area contributed by atoms with Crippen molar-refractivity contribution >= 4 is 38.6 Å². The fraction of sp³-hybridized carbons (Fsp3) is 0.306. The molecule has 256 valence electrons. The van der Waals surface area contributed by atoms with E-state index in [0.717, 1.165) is 22.0 Å².